The van der Waals surface area contributed by atoms with Crippen molar-refractivity contribution in [2.45, 2.75) is 13.8 Å². The Bertz CT molecular complexity index is 23.3. The molecule has 62 valence electrons. The molecule has 0 saturated carbocycles. The summed E-state index contributed by atoms with van der Waals surface area (Å²) in [6.45, 7) is 5.67. The van der Waals surface area contributed by atoms with Gasteiger partial charge in [-0.05, 0) is 13.8 Å². The summed E-state index contributed by atoms with van der Waals surface area (Å²) in [5.41, 5.74) is 0. The third kappa shape index (κ3) is 43.9. The number of halogens is 3. The Hall–Kier alpha value is 1.46. The second kappa shape index (κ2) is 34.0. The van der Waals surface area contributed by atoms with Gasteiger partial charge in [-0.3, -0.25) is 0 Å². The average Bonchev–Trinajstić information content (AvgIpc) is 1.41. The molecule has 0 aromatic carbocycles. The zero-order chi connectivity index (χ0) is 4.12. The zero-order valence-corrected chi connectivity index (χ0v) is 10.2. The number of rotatable bonds is 2. The van der Waals surface area contributed by atoms with Crippen molar-refractivity contribution in [3.63, 3.8) is 0 Å². The van der Waals surface area contributed by atoms with Crippen molar-refractivity contribution in [2.75, 3.05) is 13.2 Å². The first-order chi connectivity index (χ1) is 2.41. The molecule has 0 aliphatic heterocycles. The van der Waals surface area contributed by atoms with Crippen LogP contribution in [0, 0.1) is 0 Å². The molecular formula is C4H16BBr3O. The van der Waals surface area contributed by atoms with E-state index < -0.39 is 0 Å². The van der Waals surface area contributed by atoms with E-state index in [4.69, 9.17) is 4.74 Å². The van der Waals surface area contributed by atoms with Gasteiger partial charge in [-0.2, -0.15) is 0 Å². The maximum absolute atomic E-state index is 4.83. The van der Waals surface area contributed by atoms with E-state index >= 15 is 0 Å². The van der Waals surface area contributed by atoms with Crippen molar-refractivity contribution in [1.29, 1.82) is 0 Å². The molecule has 0 aliphatic carbocycles. The molecule has 0 saturated heterocycles. The Kier molecular flexibility index (Phi) is 119. The molecule has 0 rings (SSSR count). The minimum atomic E-state index is 0. The van der Waals surface area contributed by atoms with Gasteiger partial charge in [-0.25, -0.2) is 0 Å². The van der Waals surface area contributed by atoms with E-state index in [1.807, 2.05) is 13.8 Å². The lowest BCUT2D eigenvalue weighted by molar-refractivity contribution is 0.162. The number of ether oxygens (including phenoxy) is 1. The van der Waals surface area contributed by atoms with Crippen molar-refractivity contribution >= 4 is 59.4 Å². The molecule has 0 fully saturated rings. The summed E-state index contributed by atoms with van der Waals surface area (Å²) in [6, 6.07) is 0. The van der Waals surface area contributed by atoms with Crippen LogP contribution in [0.5, 0.6) is 0 Å². The third-order valence-electron chi connectivity index (χ3n) is 0.408. The molecule has 0 unspecified atom stereocenters. The van der Waals surface area contributed by atoms with Crippen molar-refractivity contribution in [3.05, 3.63) is 0 Å². The van der Waals surface area contributed by atoms with Gasteiger partial charge in [0.2, 0.25) is 0 Å². The molecule has 1 nitrogen and oxygen atoms in total. The quantitative estimate of drug-likeness (QED) is 0.699. The summed E-state index contributed by atoms with van der Waals surface area (Å²) >= 11 is 0. The van der Waals surface area contributed by atoms with Gasteiger partial charge in [0.1, 0.15) is 0 Å². The summed E-state index contributed by atoms with van der Waals surface area (Å²) in [7, 11) is 0. The molecule has 0 spiro atoms. The summed E-state index contributed by atoms with van der Waals surface area (Å²) in [5.74, 6) is 0. The highest BCUT2D eigenvalue weighted by atomic mass is 79.9. The van der Waals surface area contributed by atoms with Crippen LogP contribution in [0.15, 0.2) is 0 Å². The van der Waals surface area contributed by atoms with Crippen molar-refractivity contribution < 1.29 is 4.74 Å². The molecule has 0 atom stereocenters. The van der Waals surface area contributed by atoms with Crippen molar-refractivity contribution in [1.82, 2.24) is 0 Å². The highest BCUT2D eigenvalue weighted by Gasteiger charge is 1.64. The van der Waals surface area contributed by atoms with E-state index in [-0.39, 0.29) is 59.4 Å². The maximum atomic E-state index is 4.83. The van der Waals surface area contributed by atoms with E-state index in [0.717, 1.165) is 13.2 Å². The van der Waals surface area contributed by atoms with Gasteiger partial charge in [0.15, 0.2) is 0 Å². The predicted molar refractivity (Wildman–Crippen MR) is 63.1 cm³/mol. The van der Waals surface area contributed by atoms with Crippen LogP contribution in [-0.4, -0.2) is 21.6 Å². The van der Waals surface area contributed by atoms with Gasteiger partial charge in [-0.1, -0.05) is 0 Å². The van der Waals surface area contributed by atoms with Crippen LogP contribution < -0.4 is 0 Å². The fourth-order valence-electron chi connectivity index (χ4n) is 0.204. The molecule has 0 aliphatic rings. The zero-order valence-electron chi connectivity index (χ0n) is 5.05. The Morgan fingerprint density at radius 2 is 1.11 bits per heavy atom. The Morgan fingerprint density at radius 3 is 1.11 bits per heavy atom. The molecule has 5 heteroatoms. The molecular weight excluding hydrogens is 315 g/mol. The van der Waals surface area contributed by atoms with Crippen LogP contribution in [0.3, 0.4) is 0 Å². The summed E-state index contributed by atoms with van der Waals surface area (Å²) in [6.07, 6.45) is 0. The minimum Gasteiger partial charge on any atom is -0.382 e. The molecule has 0 amide bonds. The van der Waals surface area contributed by atoms with Crippen molar-refractivity contribution in [2.24, 2.45) is 0 Å². The van der Waals surface area contributed by atoms with E-state index in [1.54, 1.807) is 0 Å². The first kappa shape index (κ1) is 31.4. The van der Waals surface area contributed by atoms with E-state index in [0.29, 0.717) is 0 Å². The lowest BCUT2D eigenvalue weighted by Crippen LogP contribution is -1.84. The molecule has 9 heavy (non-hydrogen) atoms. The van der Waals surface area contributed by atoms with Crippen LogP contribution in [-0.2, 0) is 4.74 Å². The topological polar surface area (TPSA) is 9.23 Å². The van der Waals surface area contributed by atoms with Gasteiger partial charge in [0.25, 0.3) is 0 Å². The lowest BCUT2D eigenvalue weighted by Gasteiger charge is -1.86. The van der Waals surface area contributed by atoms with Crippen LogP contribution in [0.1, 0.15) is 13.8 Å². The highest BCUT2D eigenvalue weighted by molar-refractivity contribution is 8.93. The van der Waals surface area contributed by atoms with E-state index in [1.165, 1.54) is 0 Å². The highest BCUT2D eigenvalue weighted by Crippen LogP contribution is 1.64. The molecule has 0 radical (unpaired) electrons. The molecule has 0 bridgehead atoms. The van der Waals surface area contributed by atoms with Gasteiger partial charge >= 0.3 is 0 Å². The van der Waals surface area contributed by atoms with E-state index in [9.17, 15) is 0 Å². The smallest absolute Gasteiger partial charge is 0.0814 e. The van der Waals surface area contributed by atoms with E-state index in [2.05, 4.69) is 0 Å². The van der Waals surface area contributed by atoms with Crippen molar-refractivity contribution in [3.8, 4) is 0 Å². The largest absolute Gasteiger partial charge is 0.382 e. The number of hydrogen-bond acceptors (Lipinski definition) is 1. The fraction of sp³-hybridized carbons (Fsp3) is 1.00. The van der Waals surface area contributed by atoms with Gasteiger partial charge in [-0.15, -0.1) is 50.9 Å². The second-order valence-corrected chi connectivity index (χ2v) is 0.781. The normalized spacial score (nSPS) is 4.67. The van der Waals surface area contributed by atoms with Gasteiger partial charge < -0.3 is 4.74 Å². The first-order valence-electron chi connectivity index (χ1n) is 1.99. The Labute approximate surface area is 90.8 Å². The molecule has 0 aromatic heterocycles. The molecule has 0 heterocycles. The Balaban J connectivity index is -0.0000000133. The molecule has 0 aromatic rings. The lowest BCUT2D eigenvalue weighted by atomic mass is 10.8. The van der Waals surface area contributed by atoms with Gasteiger partial charge in [0, 0.05) is 13.2 Å². The van der Waals surface area contributed by atoms with Crippen LogP contribution >= 0.6 is 50.9 Å². The SMILES string of the molecule is B.Br.Br.Br.CCOCC. The average molecular weight is 331 g/mol. The second-order valence-electron chi connectivity index (χ2n) is 0.781. The summed E-state index contributed by atoms with van der Waals surface area (Å²) in [4.78, 5) is 0. The van der Waals surface area contributed by atoms with Crippen LogP contribution in [0.25, 0.3) is 0 Å². The standard InChI is InChI=1S/C4H10O.BH3.3BrH/c1-3-5-4-2;;;;/h3-4H2,1-2H3;1H3;3*1H. The third-order valence-corrected chi connectivity index (χ3v) is 0.408. The monoisotopic (exact) mass is 328 g/mol. The van der Waals surface area contributed by atoms with Gasteiger partial charge in [0.05, 0.1) is 8.41 Å². The molecule has 0 N–H and O–H groups in total. The van der Waals surface area contributed by atoms with Crippen LogP contribution in [0.2, 0.25) is 0 Å². The summed E-state index contributed by atoms with van der Waals surface area (Å²) < 4.78 is 4.83. The Morgan fingerprint density at radius 1 is 0.889 bits per heavy atom. The predicted octanol–water partition coefficient (Wildman–Crippen LogP) is 1.59. The minimum absolute atomic E-state index is 0. The van der Waals surface area contributed by atoms with Crippen LogP contribution in [0.4, 0.5) is 0 Å². The fourth-order valence-corrected chi connectivity index (χ4v) is 0.204. The maximum Gasteiger partial charge on any atom is 0.0814 e. The first-order valence-corrected chi connectivity index (χ1v) is 1.99. The summed E-state index contributed by atoms with van der Waals surface area (Å²) in [5, 5.41) is 0. The number of hydrogen-bond donors (Lipinski definition) is 0.